The number of halogens is 2. The number of hydrogen-bond donors (Lipinski definition) is 0. The monoisotopic (exact) mass is 307 g/mol. The highest BCUT2D eigenvalue weighted by atomic mass is 79.9. The van der Waals surface area contributed by atoms with E-state index in [4.69, 9.17) is 16.3 Å². The largest absolute Gasteiger partial charge is 0.490 e. The molecule has 1 aromatic rings. The second-order valence-corrected chi connectivity index (χ2v) is 3.79. The zero-order valence-corrected chi connectivity index (χ0v) is 10.5. The lowest BCUT2D eigenvalue weighted by Gasteiger charge is -2.05. The average Bonchev–Trinajstić information content (AvgIpc) is 2.27. The molecule has 86 valence electrons. The SMILES string of the molecule is COc1cc(C(=O)CBr)c(Cl)cc1[N+](=O)[O-]. The fourth-order valence-corrected chi connectivity index (χ4v) is 1.70. The van der Waals surface area contributed by atoms with Gasteiger partial charge in [-0.1, -0.05) is 27.5 Å². The molecule has 0 aliphatic heterocycles. The Hall–Kier alpha value is -1.14. The van der Waals surface area contributed by atoms with Crippen molar-refractivity contribution < 1.29 is 14.5 Å². The van der Waals surface area contributed by atoms with E-state index in [0.29, 0.717) is 0 Å². The van der Waals surface area contributed by atoms with Crippen LogP contribution >= 0.6 is 27.5 Å². The summed E-state index contributed by atoms with van der Waals surface area (Å²) in [5.41, 5.74) is -0.0698. The highest BCUT2D eigenvalue weighted by Gasteiger charge is 2.20. The van der Waals surface area contributed by atoms with Crippen LogP contribution in [0.25, 0.3) is 0 Å². The van der Waals surface area contributed by atoms with Crippen LogP contribution in [0.15, 0.2) is 12.1 Å². The summed E-state index contributed by atoms with van der Waals surface area (Å²) in [6, 6.07) is 2.38. The van der Waals surface area contributed by atoms with E-state index >= 15 is 0 Å². The summed E-state index contributed by atoms with van der Waals surface area (Å²) in [7, 11) is 1.29. The van der Waals surface area contributed by atoms with Crippen LogP contribution in [-0.4, -0.2) is 23.1 Å². The maximum Gasteiger partial charge on any atom is 0.312 e. The van der Waals surface area contributed by atoms with Gasteiger partial charge in [-0.15, -0.1) is 0 Å². The number of alkyl halides is 1. The van der Waals surface area contributed by atoms with Crippen molar-refractivity contribution in [1.29, 1.82) is 0 Å². The van der Waals surface area contributed by atoms with Gasteiger partial charge in [-0.05, 0) is 6.07 Å². The lowest BCUT2D eigenvalue weighted by atomic mass is 10.1. The first-order valence-corrected chi connectivity index (χ1v) is 5.62. The van der Waals surface area contributed by atoms with Crippen LogP contribution in [0, 0.1) is 10.1 Å². The molecule has 0 heterocycles. The lowest BCUT2D eigenvalue weighted by Crippen LogP contribution is -2.03. The molecule has 0 amide bonds. The normalized spacial score (nSPS) is 9.94. The third-order valence-corrected chi connectivity index (χ3v) is 2.71. The molecule has 0 aliphatic rings. The Morgan fingerprint density at radius 1 is 1.62 bits per heavy atom. The lowest BCUT2D eigenvalue weighted by molar-refractivity contribution is -0.385. The van der Waals surface area contributed by atoms with E-state index in [2.05, 4.69) is 15.9 Å². The number of nitro groups is 1. The Labute approximate surface area is 105 Å². The van der Waals surface area contributed by atoms with E-state index in [0.717, 1.165) is 6.07 Å². The zero-order chi connectivity index (χ0) is 12.3. The Bertz CT molecular complexity index is 449. The number of methoxy groups -OCH3 is 1. The van der Waals surface area contributed by atoms with E-state index < -0.39 is 4.92 Å². The maximum atomic E-state index is 11.4. The van der Waals surface area contributed by atoms with Crippen molar-refractivity contribution in [3.8, 4) is 5.75 Å². The Morgan fingerprint density at radius 2 is 2.25 bits per heavy atom. The van der Waals surface area contributed by atoms with E-state index in [1.165, 1.54) is 13.2 Å². The molecule has 5 nitrogen and oxygen atoms in total. The molecule has 0 atom stereocenters. The summed E-state index contributed by atoms with van der Waals surface area (Å²) in [5.74, 6) is -0.253. The zero-order valence-electron chi connectivity index (χ0n) is 8.20. The molecule has 0 radical (unpaired) electrons. The van der Waals surface area contributed by atoms with Gasteiger partial charge in [0.25, 0.3) is 0 Å². The second-order valence-electron chi connectivity index (χ2n) is 2.82. The molecular weight excluding hydrogens is 301 g/mol. The number of carbonyl (C=O) groups is 1. The van der Waals surface area contributed by atoms with Gasteiger partial charge in [0.15, 0.2) is 11.5 Å². The summed E-state index contributed by atoms with van der Waals surface area (Å²) in [5, 5.41) is 10.8. The summed E-state index contributed by atoms with van der Waals surface area (Å²) >= 11 is 8.77. The fraction of sp³-hybridized carbons (Fsp3) is 0.222. The van der Waals surface area contributed by atoms with Gasteiger partial charge >= 0.3 is 5.69 Å². The predicted octanol–water partition coefficient (Wildman–Crippen LogP) is 2.83. The maximum absolute atomic E-state index is 11.4. The van der Waals surface area contributed by atoms with Crippen molar-refractivity contribution in [3.63, 3.8) is 0 Å². The van der Waals surface area contributed by atoms with Crippen molar-refractivity contribution >= 4 is 39.0 Å². The summed E-state index contributed by atoms with van der Waals surface area (Å²) < 4.78 is 4.83. The molecule has 0 spiro atoms. The van der Waals surface area contributed by atoms with Crippen molar-refractivity contribution in [2.24, 2.45) is 0 Å². The molecule has 0 saturated carbocycles. The van der Waals surface area contributed by atoms with Gasteiger partial charge in [-0.3, -0.25) is 14.9 Å². The van der Waals surface area contributed by atoms with Crippen LogP contribution in [0.2, 0.25) is 5.02 Å². The number of carbonyl (C=O) groups excluding carboxylic acids is 1. The van der Waals surface area contributed by atoms with E-state index in [9.17, 15) is 14.9 Å². The van der Waals surface area contributed by atoms with Crippen LogP contribution in [0.4, 0.5) is 5.69 Å². The van der Waals surface area contributed by atoms with E-state index in [1.807, 2.05) is 0 Å². The molecule has 0 saturated heterocycles. The number of ketones is 1. The van der Waals surface area contributed by atoms with Crippen LogP contribution in [0.3, 0.4) is 0 Å². The average molecular weight is 309 g/mol. The summed E-state index contributed by atoms with van der Waals surface area (Å²) in [6.45, 7) is 0. The van der Waals surface area contributed by atoms with Crippen molar-refractivity contribution in [2.75, 3.05) is 12.4 Å². The highest BCUT2D eigenvalue weighted by Crippen LogP contribution is 2.33. The van der Waals surface area contributed by atoms with Gasteiger partial charge in [-0.2, -0.15) is 0 Å². The number of nitrogens with zero attached hydrogens (tertiary/aromatic N) is 1. The minimum atomic E-state index is -0.618. The first-order valence-electron chi connectivity index (χ1n) is 4.12. The van der Waals surface area contributed by atoms with Gasteiger partial charge in [0.1, 0.15) is 0 Å². The van der Waals surface area contributed by atoms with Crippen LogP contribution in [0.1, 0.15) is 10.4 Å². The standard InChI is InChI=1S/C9H7BrClNO4/c1-16-9-2-5(8(13)4-10)6(11)3-7(9)12(14)15/h2-3H,4H2,1H3. The fourth-order valence-electron chi connectivity index (χ4n) is 1.13. The molecule has 0 bridgehead atoms. The number of hydrogen-bond acceptors (Lipinski definition) is 4. The van der Waals surface area contributed by atoms with E-state index in [1.54, 1.807) is 0 Å². The topological polar surface area (TPSA) is 69.4 Å². The third-order valence-electron chi connectivity index (χ3n) is 1.89. The van der Waals surface area contributed by atoms with Gasteiger partial charge < -0.3 is 4.74 Å². The number of Topliss-reactive ketones (excluding diaryl/α,β-unsaturated/α-hetero) is 1. The van der Waals surface area contributed by atoms with Crippen LogP contribution in [0.5, 0.6) is 5.75 Å². The first kappa shape index (κ1) is 12.9. The van der Waals surface area contributed by atoms with Crippen molar-refractivity contribution in [3.05, 3.63) is 32.8 Å². The number of benzene rings is 1. The first-order chi connectivity index (χ1) is 7.51. The molecule has 0 N–H and O–H groups in total. The number of rotatable bonds is 4. The van der Waals surface area contributed by atoms with Gasteiger partial charge in [0, 0.05) is 11.6 Å². The molecule has 1 rings (SSSR count). The molecule has 1 aromatic carbocycles. The molecule has 0 aromatic heterocycles. The molecule has 0 unspecified atom stereocenters. The second kappa shape index (κ2) is 5.27. The van der Waals surface area contributed by atoms with Crippen LogP contribution in [-0.2, 0) is 0 Å². The summed E-state index contributed by atoms with van der Waals surface area (Å²) in [4.78, 5) is 21.5. The molecule has 16 heavy (non-hydrogen) atoms. The molecule has 0 aliphatic carbocycles. The quantitative estimate of drug-likeness (QED) is 0.371. The summed E-state index contributed by atoms with van der Waals surface area (Å²) in [6.07, 6.45) is 0. The highest BCUT2D eigenvalue weighted by molar-refractivity contribution is 9.09. The molecular formula is C9H7BrClNO4. The van der Waals surface area contributed by atoms with Crippen molar-refractivity contribution in [2.45, 2.75) is 0 Å². The third kappa shape index (κ3) is 2.51. The minimum Gasteiger partial charge on any atom is -0.490 e. The van der Waals surface area contributed by atoms with Gasteiger partial charge in [0.05, 0.1) is 22.4 Å². The molecule has 0 fully saturated rings. The van der Waals surface area contributed by atoms with Gasteiger partial charge in [-0.25, -0.2) is 0 Å². The minimum absolute atomic E-state index is 0.0127. The molecule has 7 heteroatoms. The Morgan fingerprint density at radius 3 is 2.69 bits per heavy atom. The van der Waals surface area contributed by atoms with Gasteiger partial charge in [0.2, 0.25) is 0 Å². The Balaban J connectivity index is 3.37. The van der Waals surface area contributed by atoms with E-state index in [-0.39, 0.29) is 33.1 Å². The predicted molar refractivity (Wildman–Crippen MR) is 62.8 cm³/mol. The smallest absolute Gasteiger partial charge is 0.312 e. The van der Waals surface area contributed by atoms with Crippen molar-refractivity contribution in [1.82, 2.24) is 0 Å². The number of ether oxygens (including phenoxy) is 1. The number of nitro benzene ring substituents is 1. The van der Waals surface area contributed by atoms with Crippen LogP contribution < -0.4 is 4.74 Å². The Kier molecular flexibility index (Phi) is 4.26.